The van der Waals surface area contributed by atoms with Crippen LogP contribution in [0, 0.1) is 17.9 Å². The van der Waals surface area contributed by atoms with E-state index in [1.807, 2.05) is 60.9 Å². The van der Waals surface area contributed by atoms with Crippen LogP contribution in [0.1, 0.15) is 27.8 Å². The van der Waals surface area contributed by atoms with Crippen molar-refractivity contribution in [3.63, 3.8) is 0 Å². The first kappa shape index (κ1) is 37.5. The van der Waals surface area contributed by atoms with Gasteiger partial charge in [-0.3, -0.25) is 9.97 Å². The minimum absolute atomic E-state index is 0.600. The molecule has 0 amide bonds. The van der Waals surface area contributed by atoms with Crippen molar-refractivity contribution in [1.29, 1.82) is 5.26 Å². The molecule has 8 heteroatoms. The van der Waals surface area contributed by atoms with Gasteiger partial charge in [0.05, 0.1) is 68.1 Å². The monoisotopic (exact) mass is 879 g/mol. The van der Waals surface area contributed by atoms with E-state index >= 15 is 0 Å². The second-order valence-corrected chi connectivity index (χ2v) is 17.9. The van der Waals surface area contributed by atoms with E-state index in [1.54, 1.807) is 0 Å². The Balaban J connectivity index is 0.975. The van der Waals surface area contributed by atoms with Crippen molar-refractivity contribution in [2.24, 2.45) is 0 Å². The molecule has 1 spiro atoms. The highest BCUT2D eigenvalue weighted by Crippen LogP contribution is 2.62. The number of pyridine rings is 2. The topological polar surface area (TPSA) is 78.0 Å². The van der Waals surface area contributed by atoms with Crippen LogP contribution in [0.3, 0.4) is 0 Å². The van der Waals surface area contributed by atoms with Crippen LogP contribution >= 0.6 is 0 Å². The minimum atomic E-state index is -0.793. The molecular formula is C61H33N7O. The molecule has 1 aliphatic carbocycles. The number of hydrogen-bond donors (Lipinski definition) is 0. The molecule has 0 bridgehead atoms. The quantitative estimate of drug-likeness (QED) is 0.166. The number of nitrogens with zero attached hydrogens (tertiary/aromatic N) is 7. The third kappa shape index (κ3) is 4.88. The van der Waals surface area contributed by atoms with Gasteiger partial charge in [0, 0.05) is 79.6 Å². The summed E-state index contributed by atoms with van der Waals surface area (Å²) in [6.07, 6.45) is 3.69. The smallest absolute Gasteiger partial charge is 0.188 e. The Morgan fingerprint density at radius 1 is 0.435 bits per heavy atom. The zero-order chi connectivity index (χ0) is 45.5. The Hall–Kier alpha value is -9.76. The van der Waals surface area contributed by atoms with E-state index in [0.29, 0.717) is 11.3 Å². The molecule has 15 rings (SSSR count). The predicted octanol–water partition coefficient (Wildman–Crippen LogP) is 14.7. The maximum Gasteiger partial charge on any atom is 0.188 e. The summed E-state index contributed by atoms with van der Waals surface area (Å²) >= 11 is 0. The van der Waals surface area contributed by atoms with Crippen LogP contribution in [-0.4, -0.2) is 23.7 Å². The van der Waals surface area contributed by atoms with Gasteiger partial charge >= 0.3 is 0 Å². The molecule has 69 heavy (non-hydrogen) atoms. The third-order valence-electron chi connectivity index (χ3n) is 14.6. The maximum atomic E-state index is 10.2. The Morgan fingerprint density at radius 3 is 1.43 bits per heavy atom. The summed E-state index contributed by atoms with van der Waals surface area (Å²) in [6, 6.07) is 68.0. The van der Waals surface area contributed by atoms with Gasteiger partial charge in [-0.15, -0.1) is 0 Å². The molecule has 0 radical (unpaired) electrons. The van der Waals surface area contributed by atoms with Gasteiger partial charge < -0.3 is 18.4 Å². The lowest BCUT2D eigenvalue weighted by Gasteiger charge is -2.39. The van der Waals surface area contributed by atoms with Crippen molar-refractivity contribution < 1.29 is 4.74 Å². The Bertz CT molecular complexity index is 4420. The zero-order valence-corrected chi connectivity index (χ0v) is 36.6. The number of aromatic nitrogens is 5. The summed E-state index contributed by atoms with van der Waals surface area (Å²) in [6.45, 7) is 7.76. The van der Waals surface area contributed by atoms with Crippen LogP contribution in [0.25, 0.3) is 98.7 Å². The Morgan fingerprint density at radius 2 is 0.884 bits per heavy atom. The van der Waals surface area contributed by atoms with Gasteiger partial charge in [0.2, 0.25) is 0 Å². The lowest BCUT2D eigenvalue weighted by molar-refractivity contribution is 0.436. The van der Waals surface area contributed by atoms with E-state index in [4.69, 9.17) is 21.3 Å². The summed E-state index contributed by atoms with van der Waals surface area (Å²) < 4.78 is 14.2. The maximum absolute atomic E-state index is 10.2. The van der Waals surface area contributed by atoms with Crippen LogP contribution in [-0.2, 0) is 5.41 Å². The molecule has 8 aromatic carbocycles. The van der Waals surface area contributed by atoms with Crippen molar-refractivity contribution in [1.82, 2.24) is 23.7 Å². The SMILES string of the molecule is [C-]#[N+]c1ccc2c(c1)c1ccccc1n2-c1ccc2c(c1)Oc1cc(-n3c4ccc(C#N)cc4c4cc(-n5c6ccccc6c6ccccc65)ccc43)ccc1C21c2cccnc2-c2ncccc21. The fraction of sp³-hybridized carbons (Fsp3) is 0.0164. The molecule has 1 aliphatic heterocycles. The van der Waals surface area contributed by atoms with Crippen molar-refractivity contribution >= 4 is 71.1 Å². The zero-order valence-electron chi connectivity index (χ0n) is 36.6. The fourth-order valence-corrected chi connectivity index (χ4v) is 11.9. The van der Waals surface area contributed by atoms with E-state index < -0.39 is 5.41 Å². The highest BCUT2D eigenvalue weighted by Gasteiger charge is 2.52. The van der Waals surface area contributed by atoms with Crippen molar-refractivity contribution in [2.75, 3.05) is 0 Å². The van der Waals surface area contributed by atoms with Crippen LogP contribution in [0.2, 0.25) is 0 Å². The average Bonchev–Trinajstić information content (AvgIpc) is 4.12. The molecule has 318 valence electrons. The van der Waals surface area contributed by atoms with E-state index in [-0.39, 0.29) is 0 Å². The van der Waals surface area contributed by atoms with E-state index in [1.165, 1.54) is 10.8 Å². The molecule has 0 saturated carbocycles. The van der Waals surface area contributed by atoms with E-state index in [0.717, 1.165) is 117 Å². The third-order valence-corrected chi connectivity index (χ3v) is 14.6. The number of para-hydroxylation sites is 3. The number of ether oxygens (including phenoxy) is 1. The molecule has 6 heterocycles. The van der Waals surface area contributed by atoms with Crippen LogP contribution in [0.4, 0.5) is 5.69 Å². The first-order valence-corrected chi connectivity index (χ1v) is 22.9. The van der Waals surface area contributed by atoms with Crippen molar-refractivity contribution in [3.05, 3.63) is 240 Å². The van der Waals surface area contributed by atoms with Gasteiger partial charge in [-0.2, -0.15) is 5.26 Å². The Kier molecular flexibility index (Phi) is 7.41. The fourth-order valence-electron chi connectivity index (χ4n) is 11.9. The van der Waals surface area contributed by atoms with Crippen molar-refractivity contribution in [3.8, 4) is 46.0 Å². The van der Waals surface area contributed by atoms with Crippen molar-refractivity contribution in [2.45, 2.75) is 5.41 Å². The van der Waals surface area contributed by atoms with Gasteiger partial charge in [-0.05, 0) is 108 Å². The number of benzene rings is 8. The Labute approximate surface area is 394 Å². The van der Waals surface area contributed by atoms with Gasteiger partial charge in [0.25, 0.3) is 0 Å². The number of rotatable bonds is 3. The van der Waals surface area contributed by atoms with E-state index in [9.17, 15) is 5.26 Å². The number of fused-ring (bicyclic) bond motifs is 18. The first-order valence-electron chi connectivity index (χ1n) is 22.9. The summed E-state index contributed by atoms with van der Waals surface area (Å²) in [4.78, 5) is 13.7. The molecular weight excluding hydrogens is 847 g/mol. The lowest BCUT2D eigenvalue weighted by atomic mass is 9.66. The van der Waals surface area contributed by atoms with E-state index in [2.05, 4.69) is 164 Å². The van der Waals surface area contributed by atoms with Gasteiger partial charge in [-0.25, -0.2) is 4.85 Å². The summed E-state index contributed by atoms with van der Waals surface area (Å²) in [7, 11) is 0. The van der Waals surface area contributed by atoms with Gasteiger partial charge in [-0.1, -0.05) is 84.9 Å². The summed E-state index contributed by atoms with van der Waals surface area (Å²) in [5, 5.41) is 16.7. The first-order chi connectivity index (χ1) is 34.1. The number of nitriles is 1. The molecule has 0 atom stereocenters. The van der Waals surface area contributed by atoms with Crippen LogP contribution < -0.4 is 4.74 Å². The second-order valence-electron chi connectivity index (χ2n) is 17.9. The predicted molar refractivity (Wildman–Crippen MR) is 273 cm³/mol. The van der Waals surface area contributed by atoms with Crippen LogP contribution in [0.15, 0.2) is 200 Å². The highest BCUT2D eigenvalue weighted by atomic mass is 16.5. The molecule has 8 nitrogen and oxygen atoms in total. The average molecular weight is 880 g/mol. The molecule has 0 saturated heterocycles. The molecule has 0 fully saturated rings. The van der Waals surface area contributed by atoms with Crippen LogP contribution in [0.5, 0.6) is 11.5 Å². The van der Waals surface area contributed by atoms with Gasteiger partial charge in [0.15, 0.2) is 5.69 Å². The molecule has 13 aromatic rings. The lowest BCUT2D eigenvalue weighted by Crippen LogP contribution is -2.32. The van der Waals surface area contributed by atoms with Gasteiger partial charge in [0.1, 0.15) is 11.5 Å². The normalized spacial score (nSPS) is 13.1. The number of hydrogen-bond acceptors (Lipinski definition) is 4. The molecule has 0 unspecified atom stereocenters. The second kappa shape index (κ2) is 13.6. The molecule has 0 N–H and O–H groups in total. The molecule has 5 aromatic heterocycles. The summed E-state index contributed by atoms with van der Waals surface area (Å²) in [5.41, 5.74) is 15.4. The largest absolute Gasteiger partial charge is 0.457 e. The minimum Gasteiger partial charge on any atom is -0.457 e. The summed E-state index contributed by atoms with van der Waals surface area (Å²) in [5.74, 6) is 1.45. The highest BCUT2D eigenvalue weighted by molar-refractivity contribution is 6.13. The molecule has 2 aliphatic rings. The standard InChI is InChI=1S/C61H33N7O/c1-63-37-19-26-55-45(31-37)43-12-4-7-17-53(43)67(55)39-20-23-47-57(33-39)69-58-34-40(21-24-48(58)61(47)49-13-8-28-64-59(49)60-50(61)14-9-29-65-60)68-54-25-18-36(35-62)30-44(54)46-32-38(22-27-56(46)68)66-51-15-5-2-10-41(51)42-11-3-6-16-52(42)66/h2-34H.